The molecule has 1 aliphatic rings. The molecule has 0 aliphatic carbocycles. The summed E-state index contributed by atoms with van der Waals surface area (Å²) in [7, 11) is 0. The largest absolute Gasteiger partial charge is 0.371 e. The second kappa shape index (κ2) is 5.23. The molecule has 0 aromatic heterocycles. The van der Waals surface area contributed by atoms with Gasteiger partial charge in [-0.1, -0.05) is 12.1 Å². The number of aryl methyl sites for hydroxylation is 1. The maximum Gasteiger partial charge on any atom is 0.0624 e. The molecular formula is C15H20N2. The zero-order valence-electron chi connectivity index (χ0n) is 10.7. The molecule has 2 nitrogen and oxygen atoms in total. The van der Waals surface area contributed by atoms with E-state index in [2.05, 4.69) is 43.0 Å². The number of nitriles is 1. The first-order chi connectivity index (χ1) is 8.22. The third-order valence-corrected chi connectivity index (χ3v) is 3.91. The first kappa shape index (κ1) is 12.0. The van der Waals surface area contributed by atoms with Crippen LogP contribution in [-0.4, -0.2) is 13.1 Å². The Kier molecular flexibility index (Phi) is 3.68. The standard InChI is InChI=1S/C15H20N2/c1-12-4-3-5-15(13(12)2)17-10-7-14(6-9-16)8-11-17/h3-5,14H,6-8,10-11H2,1-2H3. The van der Waals surface area contributed by atoms with Crippen molar-refractivity contribution in [2.45, 2.75) is 33.1 Å². The van der Waals surface area contributed by atoms with Crippen LogP contribution < -0.4 is 4.90 Å². The molecular weight excluding hydrogens is 208 g/mol. The van der Waals surface area contributed by atoms with E-state index in [9.17, 15) is 0 Å². The summed E-state index contributed by atoms with van der Waals surface area (Å²) >= 11 is 0. The number of anilines is 1. The highest BCUT2D eigenvalue weighted by molar-refractivity contribution is 5.56. The molecule has 1 saturated heterocycles. The number of rotatable bonds is 2. The third-order valence-electron chi connectivity index (χ3n) is 3.91. The number of hydrogen-bond donors (Lipinski definition) is 0. The first-order valence-corrected chi connectivity index (χ1v) is 6.40. The number of benzene rings is 1. The average molecular weight is 228 g/mol. The van der Waals surface area contributed by atoms with E-state index < -0.39 is 0 Å². The van der Waals surface area contributed by atoms with Gasteiger partial charge in [0.2, 0.25) is 0 Å². The molecule has 0 bridgehead atoms. The molecule has 0 spiro atoms. The van der Waals surface area contributed by atoms with Gasteiger partial charge in [0.15, 0.2) is 0 Å². The Labute approximate surface area is 104 Å². The molecule has 0 radical (unpaired) electrons. The van der Waals surface area contributed by atoms with Crippen molar-refractivity contribution in [2.75, 3.05) is 18.0 Å². The van der Waals surface area contributed by atoms with Gasteiger partial charge in [0, 0.05) is 25.2 Å². The Morgan fingerprint density at radius 2 is 2.00 bits per heavy atom. The molecule has 0 atom stereocenters. The quantitative estimate of drug-likeness (QED) is 0.775. The van der Waals surface area contributed by atoms with Gasteiger partial charge in [-0.3, -0.25) is 0 Å². The summed E-state index contributed by atoms with van der Waals surface area (Å²) in [5.41, 5.74) is 4.13. The molecule has 1 aromatic rings. The highest BCUT2D eigenvalue weighted by Crippen LogP contribution is 2.28. The number of nitrogens with zero attached hydrogens (tertiary/aromatic N) is 2. The number of piperidine rings is 1. The van der Waals surface area contributed by atoms with E-state index in [1.165, 1.54) is 16.8 Å². The topological polar surface area (TPSA) is 27.0 Å². The average Bonchev–Trinajstić information content (AvgIpc) is 2.34. The molecule has 90 valence electrons. The molecule has 1 aromatic carbocycles. The van der Waals surface area contributed by atoms with Crippen LogP contribution in [0.1, 0.15) is 30.4 Å². The molecule has 1 fully saturated rings. The smallest absolute Gasteiger partial charge is 0.0624 e. The maximum atomic E-state index is 8.72. The summed E-state index contributed by atoms with van der Waals surface area (Å²) in [6.45, 7) is 6.56. The zero-order valence-corrected chi connectivity index (χ0v) is 10.7. The third kappa shape index (κ3) is 2.61. The van der Waals surface area contributed by atoms with Crippen LogP contribution in [0.15, 0.2) is 18.2 Å². The van der Waals surface area contributed by atoms with Crippen molar-refractivity contribution in [3.05, 3.63) is 29.3 Å². The van der Waals surface area contributed by atoms with Gasteiger partial charge in [-0.2, -0.15) is 5.26 Å². The minimum absolute atomic E-state index is 0.612. The lowest BCUT2D eigenvalue weighted by atomic mass is 9.93. The fourth-order valence-electron chi connectivity index (χ4n) is 2.59. The van der Waals surface area contributed by atoms with Crippen molar-refractivity contribution < 1.29 is 0 Å². The van der Waals surface area contributed by atoms with E-state index in [0.29, 0.717) is 5.92 Å². The Hall–Kier alpha value is -1.49. The molecule has 0 N–H and O–H groups in total. The van der Waals surface area contributed by atoms with Crippen molar-refractivity contribution >= 4 is 5.69 Å². The fraction of sp³-hybridized carbons (Fsp3) is 0.533. The molecule has 17 heavy (non-hydrogen) atoms. The molecule has 0 saturated carbocycles. The van der Waals surface area contributed by atoms with E-state index in [-0.39, 0.29) is 0 Å². The van der Waals surface area contributed by atoms with Crippen LogP contribution in [-0.2, 0) is 0 Å². The predicted octanol–water partition coefficient (Wildman–Crippen LogP) is 3.43. The predicted molar refractivity (Wildman–Crippen MR) is 71.1 cm³/mol. The summed E-state index contributed by atoms with van der Waals surface area (Å²) in [5, 5.41) is 8.72. The summed E-state index contributed by atoms with van der Waals surface area (Å²) in [6, 6.07) is 8.82. The van der Waals surface area contributed by atoms with E-state index in [4.69, 9.17) is 5.26 Å². The van der Waals surface area contributed by atoms with E-state index >= 15 is 0 Å². The SMILES string of the molecule is Cc1cccc(N2CCC(CC#N)CC2)c1C. The van der Waals surface area contributed by atoms with Gasteiger partial charge in [-0.05, 0) is 49.8 Å². The van der Waals surface area contributed by atoms with E-state index in [1.807, 2.05) is 0 Å². The van der Waals surface area contributed by atoms with Crippen LogP contribution in [0, 0.1) is 31.1 Å². The minimum atomic E-state index is 0.612. The highest BCUT2D eigenvalue weighted by atomic mass is 15.1. The lowest BCUT2D eigenvalue weighted by Gasteiger charge is -2.34. The van der Waals surface area contributed by atoms with Crippen molar-refractivity contribution in [3.63, 3.8) is 0 Å². The lowest BCUT2D eigenvalue weighted by molar-refractivity contribution is 0.412. The van der Waals surface area contributed by atoms with Gasteiger partial charge >= 0.3 is 0 Å². The molecule has 2 heteroatoms. The summed E-state index contributed by atoms with van der Waals surface area (Å²) in [6.07, 6.45) is 3.03. The van der Waals surface area contributed by atoms with Crippen LogP contribution in [0.2, 0.25) is 0 Å². The van der Waals surface area contributed by atoms with Crippen LogP contribution in [0.3, 0.4) is 0 Å². The minimum Gasteiger partial charge on any atom is -0.371 e. The fourth-order valence-corrected chi connectivity index (χ4v) is 2.59. The molecule has 0 amide bonds. The van der Waals surface area contributed by atoms with Crippen molar-refractivity contribution in [3.8, 4) is 6.07 Å². The lowest BCUT2D eigenvalue weighted by Crippen LogP contribution is -2.34. The van der Waals surface area contributed by atoms with Gasteiger partial charge in [0.25, 0.3) is 0 Å². The van der Waals surface area contributed by atoms with Gasteiger partial charge in [0.1, 0.15) is 0 Å². The van der Waals surface area contributed by atoms with Crippen molar-refractivity contribution in [1.82, 2.24) is 0 Å². The van der Waals surface area contributed by atoms with Crippen LogP contribution >= 0.6 is 0 Å². The molecule has 1 aliphatic heterocycles. The first-order valence-electron chi connectivity index (χ1n) is 6.40. The van der Waals surface area contributed by atoms with Gasteiger partial charge in [-0.15, -0.1) is 0 Å². The Bertz CT molecular complexity index is 423. The van der Waals surface area contributed by atoms with E-state index in [0.717, 1.165) is 32.4 Å². The number of hydrogen-bond acceptors (Lipinski definition) is 2. The monoisotopic (exact) mass is 228 g/mol. The molecule has 1 heterocycles. The molecule has 2 rings (SSSR count). The summed E-state index contributed by atoms with van der Waals surface area (Å²) in [4.78, 5) is 2.47. The normalized spacial score (nSPS) is 16.9. The molecule has 0 unspecified atom stereocenters. The Balaban J connectivity index is 2.06. The Morgan fingerprint density at radius 3 is 2.65 bits per heavy atom. The van der Waals surface area contributed by atoms with Crippen molar-refractivity contribution in [2.24, 2.45) is 5.92 Å². The van der Waals surface area contributed by atoms with Crippen LogP contribution in [0.4, 0.5) is 5.69 Å². The van der Waals surface area contributed by atoms with Crippen LogP contribution in [0.25, 0.3) is 0 Å². The second-order valence-electron chi connectivity index (χ2n) is 5.01. The van der Waals surface area contributed by atoms with Gasteiger partial charge in [-0.25, -0.2) is 0 Å². The summed E-state index contributed by atoms with van der Waals surface area (Å²) in [5.74, 6) is 0.612. The highest BCUT2D eigenvalue weighted by Gasteiger charge is 2.20. The van der Waals surface area contributed by atoms with Crippen molar-refractivity contribution in [1.29, 1.82) is 5.26 Å². The van der Waals surface area contributed by atoms with Gasteiger partial charge < -0.3 is 4.90 Å². The van der Waals surface area contributed by atoms with Gasteiger partial charge in [0.05, 0.1) is 6.07 Å². The summed E-state index contributed by atoms with van der Waals surface area (Å²) < 4.78 is 0. The van der Waals surface area contributed by atoms with Crippen LogP contribution in [0.5, 0.6) is 0 Å². The zero-order chi connectivity index (χ0) is 12.3. The second-order valence-corrected chi connectivity index (χ2v) is 5.01. The Morgan fingerprint density at radius 1 is 1.29 bits per heavy atom. The van der Waals surface area contributed by atoms with E-state index in [1.54, 1.807) is 0 Å². The maximum absolute atomic E-state index is 8.72.